The van der Waals surface area contributed by atoms with Crippen LogP contribution in [0.4, 0.5) is 0 Å². The first-order valence-corrected chi connectivity index (χ1v) is 9.30. The van der Waals surface area contributed by atoms with Crippen LogP contribution in [0.1, 0.15) is 25.8 Å². The number of fused-ring (bicyclic) bond motifs is 1. The lowest BCUT2D eigenvalue weighted by Gasteiger charge is -2.54. The van der Waals surface area contributed by atoms with Crippen molar-refractivity contribution in [3.05, 3.63) is 35.9 Å². The Bertz CT molecular complexity index is 663. The van der Waals surface area contributed by atoms with Gasteiger partial charge in [-0.25, -0.2) is 4.99 Å². The molecule has 1 aromatic carbocycles. The van der Waals surface area contributed by atoms with Crippen LogP contribution in [0.5, 0.6) is 0 Å². The van der Waals surface area contributed by atoms with Gasteiger partial charge in [-0.3, -0.25) is 4.79 Å². The molecule has 150 valence electrons. The lowest BCUT2D eigenvalue weighted by molar-refractivity contribution is -0.127. The average molecular weight is 486 g/mol. The van der Waals surface area contributed by atoms with E-state index in [0.29, 0.717) is 30.6 Å². The standard InChI is InChI=1S/C20H30N4O2.HI/c1-20(2)17(15-10-11-26-18(15)20)23-19(22-13-16(25)24(3)4)21-12-14-8-6-5-7-9-14;/h5-9,15,17-18H,10-13H2,1-4H3,(H2,21,22,23);1H. The smallest absolute Gasteiger partial charge is 0.241 e. The van der Waals surface area contributed by atoms with E-state index in [1.807, 2.05) is 18.2 Å². The summed E-state index contributed by atoms with van der Waals surface area (Å²) in [6.45, 7) is 6.10. The monoisotopic (exact) mass is 486 g/mol. The SMILES string of the molecule is CN(C)C(=O)CNC(=NCc1ccccc1)NC1C2CCOC2C1(C)C.I. The maximum absolute atomic E-state index is 12.0. The predicted octanol–water partition coefficient (Wildman–Crippen LogP) is 2.24. The number of carbonyl (C=O) groups excluding carboxylic acids is 1. The van der Waals surface area contributed by atoms with Gasteiger partial charge in [0.1, 0.15) is 0 Å². The van der Waals surface area contributed by atoms with E-state index in [4.69, 9.17) is 9.73 Å². The van der Waals surface area contributed by atoms with Crippen LogP contribution >= 0.6 is 24.0 Å². The highest BCUT2D eigenvalue weighted by molar-refractivity contribution is 14.0. The molecule has 3 unspecified atom stereocenters. The van der Waals surface area contributed by atoms with E-state index in [9.17, 15) is 4.79 Å². The summed E-state index contributed by atoms with van der Waals surface area (Å²) in [5.74, 6) is 1.22. The Labute approximate surface area is 179 Å². The van der Waals surface area contributed by atoms with Gasteiger partial charge in [-0.1, -0.05) is 44.2 Å². The molecule has 1 saturated carbocycles. The topological polar surface area (TPSA) is 66.0 Å². The minimum absolute atomic E-state index is 0. The number of hydrogen-bond donors (Lipinski definition) is 2. The second kappa shape index (κ2) is 9.23. The molecule has 1 aliphatic heterocycles. The van der Waals surface area contributed by atoms with Crippen molar-refractivity contribution in [2.45, 2.75) is 39.0 Å². The number of amides is 1. The molecule has 1 heterocycles. The number of halogens is 1. The molecule has 1 aromatic rings. The zero-order chi connectivity index (χ0) is 18.7. The minimum Gasteiger partial charge on any atom is -0.377 e. The van der Waals surface area contributed by atoms with E-state index in [-0.39, 0.29) is 41.8 Å². The van der Waals surface area contributed by atoms with Gasteiger partial charge in [-0.2, -0.15) is 0 Å². The van der Waals surface area contributed by atoms with Gasteiger partial charge < -0.3 is 20.3 Å². The molecule has 0 aromatic heterocycles. The van der Waals surface area contributed by atoms with Gasteiger partial charge in [-0.05, 0) is 12.0 Å². The Morgan fingerprint density at radius 1 is 1.30 bits per heavy atom. The molecule has 2 aliphatic rings. The van der Waals surface area contributed by atoms with Crippen LogP contribution in [-0.2, 0) is 16.1 Å². The molecule has 0 bridgehead atoms. The van der Waals surface area contributed by atoms with Crippen molar-refractivity contribution in [3.63, 3.8) is 0 Å². The van der Waals surface area contributed by atoms with E-state index < -0.39 is 0 Å². The zero-order valence-electron chi connectivity index (χ0n) is 16.6. The number of guanidine groups is 1. The second-order valence-electron chi connectivity index (χ2n) is 7.98. The Hall–Kier alpha value is -1.35. The number of benzene rings is 1. The molecule has 3 atom stereocenters. The summed E-state index contributed by atoms with van der Waals surface area (Å²) in [5.41, 5.74) is 1.20. The Morgan fingerprint density at radius 3 is 2.67 bits per heavy atom. The fourth-order valence-corrected chi connectivity index (χ4v) is 3.99. The summed E-state index contributed by atoms with van der Waals surface area (Å²) >= 11 is 0. The lowest BCUT2D eigenvalue weighted by Crippen LogP contribution is -2.68. The molecule has 6 nitrogen and oxygen atoms in total. The first kappa shape index (κ1) is 21.9. The highest BCUT2D eigenvalue weighted by atomic mass is 127. The summed E-state index contributed by atoms with van der Waals surface area (Å²) in [6, 6.07) is 10.4. The van der Waals surface area contributed by atoms with Crippen molar-refractivity contribution in [2.75, 3.05) is 27.2 Å². The van der Waals surface area contributed by atoms with E-state index in [2.05, 4.69) is 36.6 Å². The Balaban J connectivity index is 0.00000261. The van der Waals surface area contributed by atoms with Gasteiger partial charge in [0.15, 0.2) is 5.96 Å². The highest BCUT2D eigenvalue weighted by Crippen LogP contribution is 2.52. The first-order chi connectivity index (χ1) is 12.4. The molecule has 3 rings (SSSR count). The number of carbonyl (C=O) groups is 1. The normalized spacial score (nSPS) is 25.6. The third kappa shape index (κ3) is 4.93. The molecule has 1 saturated heterocycles. The van der Waals surface area contributed by atoms with Gasteiger partial charge in [0, 0.05) is 38.1 Å². The summed E-state index contributed by atoms with van der Waals surface area (Å²) in [7, 11) is 3.52. The second-order valence-corrected chi connectivity index (χ2v) is 7.98. The number of rotatable bonds is 5. The van der Waals surface area contributed by atoms with Crippen LogP contribution in [0.15, 0.2) is 35.3 Å². The van der Waals surface area contributed by atoms with Gasteiger partial charge in [0.25, 0.3) is 0 Å². The van der Waals surface area contributed by atoms with Crippen molar-refractivity contribution in [1.82, 2.24) is 15.5 Å². The molecule has 0 spiro atoms. The molecule has 1 aliphatic carbocycles. The molecule has 27 heavy (non-hydrogen) atoms. The van der Waals surface area contributed by atoms with Crippen LogP contribution < -0.4 is 10.6 Å². The summed E-state index contributed by atoms with van der Waals surface area (Å²) in [5, 5.41) is 6.76. The molecule has 7 heteroatoms. The predicted molar refractivity (Wildman–Crippen MR) is 118 cm³/mol. The largest absolute Gasteiger partial charge is 0.377 e. The number of nitrogens with zero attached hydrogens (tertiary/aromatic N) is 2. The van der Waals surface area contributed by atoms with Crippen LogP contribution in [0.3, 0.4) is 0 Å². The Morgan fingerprint density at radius 2 is 2.00 bits per heavy atom. The summed E-state index contributed by atoms with van der Waals surface area (Å²) in [4.78, 5) is 18.3. The van der Waals surface area contributed by atoms with Crippen LogP contribution in [0.25, 0.3) is 0 Å². The average Bonchev–Trinajstić information content (AvgIpc) is 3.08. The molecule has 0 radical (unpaired) electrons. The number of nitrogens with one attached hydrogen (secondary N) is 2. The number of aliphatic imine (C=N–C) groups is 1. The quantitative estimate of drug-likeness (QED) is 0.381. The molecule has 1 amide bonds. The van der Waals surface area contributed by atoms with Gasteiger partial charge >= 0.3 is 0 Å². The van der Waals surface area contributed by atoms with Crippen molar-refractivity contribution in [1.29, 1.82) is 0 Å². The van der Waals surface area contributed by atoms with Crippen LogP contribution in [-0.4, -0.2) is 56.2 Å². The van der Waals surface area contributed by atoms with Gasteiger partial charge in [0.05, 0.1) is 19.2 Å². The number of ether oxygens (including phenoxy) is 1. The zero-order valence-corrected chi connectivity index (χ0v) is 18.9. The highest BCUT2D eigenvalue weighted by Gasteiger charge is 2.59. The maximum Gasteiger partial charge on any atom is 0.241 e. The van der Waals surface area contributed by atoms with Crippen LogP contribution in [0.2, 0.25) is 0 Å². The van der Waals surface area contributed by atoms with Crippen molar-refractivity contribution < 1.29 is 9.53 Å². The first-order valence-electron chi connectivity index (χ1n) is 9.30. The molecular formula is C20H31IN4O2. The molecular weight excluding hydrogens is 455 g/mol. The lowest BCUT2D eigenvalue weighted by atomic mass is 9.57. The summed E-state index contributed by atoms with van der Waals surface area (Å²) in [6.07, 6.45) is 1.40. The minimum atomic E-state index is 0. The fraction of sp³-hybridized carbons (Fsp3) is 0.600. The fourth-order valence-electron chi connectivity index (χ4n) is 3.99. The van der Waals surface area contributed by atoms with Gasteiger partial charge in [-0.15, -0.1) is 24.0 Å². The van der Waals surface area contributed by atoms with E-state index in [0.717, 1.165) is 18.6 Å². The maximum atomic E-state index is 12.0. The van der Waals surface area contributed by atoms with E-state index >= 15 is 0 Å². The van der Waals surface area contributed by atoms with Crippen LogP contribution in [0, 0.1) is 11.3 Å². The van der Waals surface area contributed by atoms with Crippen molar-refractivity contribution >= 4 is 35.8 Å². The molecule has 2 fully saturated rings. The Kier molecular flexibility index (Phi) is 7.50. The number of likely N-dealkylation sites (N-methyl/N-ethyl adjacent to an activating group) is 1. The van der Waals surface area contributed by atoms with E-state index in [1.54, 1.807) is 19.0 Å². The van der Waals surface area contributed by atoms with Gasteiger partial charge in [0.2, 0.25) is 5.91 Å². The van der Waals surface area contributed by atoms with Crippen molar-refractivity contribution in [3.8, 4) is 0 Å². The van der Waals surface area contributed by atoms with Crippen molar-refractivity contribution in [2.24, 2.45) is 16.3 Å². The third-order valence-electron chi connectivity index (χ3n) is 5.56. The van der Waals surface area contributed by atoms with E-state index in [1.165, 1.54) is 0 Å². The third-order valence-corrected chi connectivity index (χ3v) is 5.56. The number of hydrogen-bond acceptors (Lipinski definition) is 3. The summed E-state index contributed by atoms with van der Waals surface area (Å²) < 4.78 is 5.88. The molecule has 2 N–H and O–H groups in total.